The summed E-state index contributed by atoms with van der Waals surface area (Å²) in [4.78, 5) is 14.1. The second kappa shape index (κ2) is 7.08. The maximum atomic E-state index is 12.7. The number of rotatable bonds is 3. The number of carbonyl (C=O) groups excluding carboxylic acids is 1. The van der Waals surface area contributed by atoms with Crippen LogP contribution in [0, 0.1) is 0 Å². The third-order valence-electron chi connectivity index (χ3n) is 4.31. The van der Waals surface area contributed by atoms with Crippen LogP contribution in [0.15, 0.2) is 47.4 Å². The summed E-state index contributed by atoms with van der Waals surface area (Å²) in [6, 6.07) is 11.3. The Morgan fingerprint density at radius 3 is 2.64 bits per heavy atom. The molecule has 0 fully saturated rings. The zero-order valence-electron chi connectivity index (χ0n) is 14.5. The summed E-state index contributed by atoms with van der Waals surface area (Å²) in [6.07, 6.45) is 0. The van der Waals surface area contributed by atoms with Crippen molar-refractivity contribution in [2.75, 3.05) is 12.4 Å². The quantitative estimate of drug-likeness (QED) is 0.585. The molecular formula is C19H13Cl2NO4S2. The number of ether oxygens (including phenoxy) is 1. The van der Waals surface area contributed by atoms with Crippen molar-refractivity contribution in [2.24, 2.45) is 0 Å². The highest BCUT2D eigenvalue weighted by molar-refractivity contribution is 7.91. The maximum Gasteiger partial charge on any atom is 0.265 e. The molecule has 9 heteroatoms. The Morgan fingerprint density at radius 2 is 1.93 bits per heavy atom. The Morgan fingerprint density at radius 1 is 1.14 bits per heavy atom. The van der Waals surface area contributed by atoms with Crippen molar-refractivity contribution in [3.05, 3.63) is 63.0 Å². The van der Waals surface area contributed by atoms with Gasteiger partial charge in [-0.3, -0.25) is 4.79 Å². The standard InChI is InChI=1S/C19H13Cl2NO4S2/c1-26-15-5-3-12(8-14(15)21)22-19(23)16-6-10-9-28(24,25)17-7-11(20)2-4-13(17)18(10)27-16/h2-8H,9H2,1H3,(H,22,23). The molecule has 0 radical (unpaired) electrons. The third kappa shape index (κ3) is 3.39. The summed E-state index contributed by atoms with van der Waals surface area (Å²) in [5, 5.41) is 3.51. The van der Waals surface area contributed by atoms with Gasteiger partial charge in [0.2, 0.25) is 0 Å². The van der Waals surface area contributed by atoms with E-state index >= 15 is 0 Å². The average Bonchev–Trinajstić information content (AvgIpc) is 3.05. The Kier molecular flexibility index (Phi) is 4.87. The van der Waals surface area contributed by atoms with Crippen molar-refractivity contribution in [3.63, 3.8) is 0 Å². The number of fused-ring (bicyclic) bond motifs is 3. The van der Waals surface area contributed by atoms with Gasteiger partial charge >= 0.3 is 0 Å². The average molecular weight is 454 g/mol. The van der Waals surface area contributed by atoms with Gasteiger partial charge in [0.1, 0.15) is 5.75 Å². The number of halogens is 2. The minimum absolute atomic E-state index is 0.159. The lowest BCUT2D eigenvalue weighted by Gasteiger charge is -2.16. The molecule has 0 saturated heterocycles. The zero-order chi connectivity index (χ0) is 20.1. The fourth-order valence-corrected chi connectivity index (χ4v) is 6.41. The Bertz CT molecular complexity index is 1220. The summed E-state index contributed by atoms with van der Waals surface area (Å²) in [6.45, 7) is 0. The van der Waals surface area contributed by atoms with Crippen molar-refractivity contribution in [1.82, 2.24) is 0 Å². The fraction of sp³-hybridized carbons (Fsp3) is 0.105. The topological polar surface area (TPSA) is 72.5 Å². The molecule has 2 aromatic carbocycles. The number of carbonyl (C=O) groups is 1. The number of benzene rings is 2. The smallest absolute Gasteiger partial charge is 0.265 e. The summed E-state index contributed by atoms with van der Waals surface area (Å²) < 4.78 is 30.2. The van der Waals surface area contributed by atoms with Crippen molar-refractivity contribution in [2.45, 2.75) is 10.6 Å². The second-order valence-corrected chi connectivity index (χ2v) is 10.0. The molecule has 1 aromatic heterocycles. The number of sulfone groups is 1. The first-order valence-electron chi connectivity index (χ1n) is 8.09. The molecule has 0 saturated carbocycles. The number of thiophene rings is 1. The van der Waals surface area contributed by atoms with Gasteiger partial charge in [0.15, 0.2) is 9.84 Å². The second-order valence-electron chi connectivity index (χ2n) is 6.17. The number of hydrogen-bond acceptors (Lipinski definition) is 5. The van der Waals surface area contributed by atoms with Gasteiger partial charge in [-0.15, -0.1) is 11.3 Å². The normalized spacial score (nSPS) is 14.1. The van der Waals surface area contributed by atoms with Crippen molar-refractivity contribution >= 4 is 56.0 Å². The fourth-order valence-electron chi connectivity index (χ4n) is 3.04. The summed E-state index contributed by atoms with van der Waals surface area (Å²) in [5.74, 6) is 0.00801. The van der Waals surface area contributed by atoms with Crippen LogP contribution in [0.2, 0.25) is 10.0 Å². The van der Waals surface area contributed by atoms with E-state index in [9.17, 15) is 13.2 Å². The number of amides is 1. The molecule has 3 aromatic rings. The lowest BCUT2D eigenvalue weighted by Crippen LogP contribution is -2.11. The van der Waals surface area contributed by atoms with Gasteiger partial charge < -0.3 is 10.1 Å². The van der Waals surface area contributed by atoms with Gasteiger partial charge in [-0.05, 0) is 42.0 Å². The maximum absolute atomic E-state index is 12.7. The van der Waals surface area contributed by atoms with E-state index in [2.05, 4.69) is 5.32 Å². The van der Waals surface area contributed by atoms with Crippen LogP contribution in [0.4, 0.5) is 5.69 Å². The molecule has 5 nitrogen and oxygen atoms in total. The molecule has 0 spiro atoms. The van der Waals surface area contributed by atoms with E-state index in [-0.39, 0.29) is 16.6 Å². The highest BCUT2D eigenvalue weighted by Gasteiger charge is 2.31. The van der Waals surface area contributed by atoms with E-state index in [0.717, 1.165) is 4.88 Å². The molecule has 28 heavy (non-hydrogen) atoms. The molecule has 1 N–H and O–H groups in total. The highest BCUT2D eigenvalue weighted by Crippen LogP contribution is 2.43. The van der Waals surface area contributed by atoms with Gasteiger partial charge in [-0.2, -0.15) is 0 Å². The van der Waals surface area contributed by atoms with Crippen LogP contribution >= 0.6 is 34.5 Å². The SMILES string of the molecule is COc1ccc(NC(=O)c2cc3c(s2)-c2ccc(Cl)cc2S(=O)(=O)C3)cc1Cl. The van der Waals surface area contributed by atoms with E-state index in [1.54, 1.807) is 36.4 Å². The molecule has 0 unspecified atom stereocenters. The molecule has 0 bridgehead atoms. The van der Waals surface area contributed by atoms with Gasteiger partial charge in [0, 0.05) is 21.2 Å². The van der Waals surface area contributed by atoms with E-state index in [1.807, 2.05) is 0 Å². The predicted molar refractivity (Wildman–Crippen MR) is 112 cm³/mol. The van der Waals surface area contributed by atoms with Crippen LogP contribution in [-0.4, -0.2) is 21.4 Å². The number of anilines is 1. The summed E-state index contributed by atoms with van der Waals surface area (Å²) in [7, 11) is -1.99. The minimum Gasteiger partial charge on any atom is -0.495 e. The first-order valence-corrected chi connectivity index (χ1v) is 11.3. The Hall–Kier alpha value is -2.06. The highest BCUT2D eigenvalue weighted by atomic mass is 35.5. The van der Waals surface area contributed by atoms with Crippen LogP contribution in [0.5, 0.6) is 5.75 Å². The molecule has 4 rings (SSSR count). The van der Waals surface area contributed by atoms with E-state index in [4.69, 9.17) is 27.9 Å². The molecule has 0 atom stereocenters. The largest absolute Gasteiger partial charge is 0.495 e. The van der Waals surface area contributed by atoms with Crippen molar-refractivity contribution < 1.29 is 17.9 Å². The van der Waals surface area contributed by atoms with E-state index < -0.39 is 9.84 Å². The lowest BCUT2D eigenvalue weighted by molar-refractivity contribution is 0.103. The van der Waals surface area contributed by atoms with Crippen molar-refractivity contribution in [3.8, 4) is 16.2 Å². The van der Waals surface area contributed by atoms with Gasteiger partial charge in [-0.1, -0.05) is 29.3 Å². The summed E-state index contributed by atoms with van der Waals surface area (Å²) >= 11 is 13.3. The molecule has 1 aliphatic rings. The first-order chi connectivity index (χ1) is 13.3. The van der Waals surface area contributed by atoms with Crippen LogP contribution in [0.25, 0.3) is 10.4 Å². The van der Waals surface area contributed by atoms with Crippen LogP contribution in [0.3, 0.4) is 0 Å². The molecule has 2 heterocycles. The van der Waals surface area contributed by atoms with Crippen LogP contribution < -0.4 is 10.1 Å². The summed E-state index contributed by atoms with van der Waals surface area (Å²) in [5.41, 5.74) is 1.70. The lowest BCUT2D eigenvalue weighted by atomic mass is 10.1. The Labute approximate surface area is 175 Å². The number of methoxy groups -OCH3 is 1. The van der Waals surface area contributed by atoms with E-state index in [1.165, 1.54) is 24.5 Å². The minimum atomic E-state index is -3.50. The molecule has 1 aliphatic heterocycles. The monoisotopic (exact) mass is 453 g/mol. The molecule has 0 aliphatic carbocycles. The number of nitrogens with one attached hydrogen (secondary N) is 1. The first kappa shape index (κ1) is 19.3. The van der Waals surface area contributed by atoms with Gasteiger partial charge in [0.25, 0.3) is 5.91 Å². The van der Waals surface area contributed by atoms with Crippen LogP contribution in [-0.2, 0) is 15.6 Å². The third-order valence-corrected chi connectivity index (χ3v) is 7.75. The van der Waals surface area contributed by atoms with Gasteiger partial charge in [0.05, 0.1) is 27.7 Å². The Balaban J connectivity index is 1.68. The molecular weight excluding hydrogens is 441 g/mol. The predicted octanol–water partition coefficient (Wildman–Crippen LogP) is 5.27. The molecule has 144 valence electrons. The van der Waals surface area contributed by atoms with Gasteiger partial charge in [-0.25, -0.2) is 8.42 Å². The zero-order valence-corrected chi connectivity index (χ0v) is 17.6. The van der Waals surface area contributed by atoms with Crippen molar-refractivity contribution in [1.29, 1.82) is 0 Å². The van der Waals surface area contributed by atoms with Crippen LogP contribution in [0.1, 0.15) is 15.2 Å². The molecule has 1 amide bonds. The number of hydrogen-bond donors (Lipinski definition) is 1. The van der Waals surface area contributed by atoms with E-state index in [0.29, 0.717) is 37.5 Å².